The minimum absolute atomic E-state index is 0.395. The molecule has 1 aliphatic rings. The third-order valence-corrected chi connectivity index (χ3v) is 22.8. The molecule has 16 aromatic carbocycles. The van der Waals surface area contributed by atoms with Gasteiger partial charge in [0.2, 0.25) is 0 Å². The lowest BCUT2D eigenvalue weighted by molar-refractivity contribution is 0.00578. The zero-order chi connectivity index (χ0) is 79.7. The molecule has 20 aromatic rings. The third kappa shape index (κ3) is 15.2. The van der Waals surface area contributed by atoms with Crippen LogP contribution in [0.3, 0.4) is 0 Å². The second-order valence-corrected chi connectivity index (χ2v) is 31.5. The number of para-hydroxylation sites is 2. The quantitative estimate of drug-likeness (QED) is 0.0664. The summed E-state index contributed by atoms with van der Waals surface area (Å²) in [6.07, 6.45) is 0. The van der Waals surface area contributed by atoms with Crippen molar-refractivity contribution >= 4 is 93.5 Å². The van der Waals surface area contributed by atoms with Gasteiger partial charge in [-0.15, -0.1) is 0 Å². The Labute approximate surface area is 693 Å². The standard InChI is InChI=1S/C50H32N4.C33H22BrN3.C23H22BNO2/c1-3-13-33(14-4-1)34-25-27-36(28-26-34)49-52-48(35-15-5-2-6-16-35)53-50(54-49)42-22-12-20-38(30-42)37-19-11-21-41(29-37)47-45-32-40-18-8-7-17-39(40)31-44(45)43-23-9-10-24-46(43)51-47;34-30-16-8-14-28(22-30)27-13-7-15-29(21-27)33-36-31(25-11-5-2-6-12-25)35-32(37-33)26-19-17-24(18-20-26)23-9-3-1-4-10-23;1-22(2)23(3,4)27-24(26-22)21-19-14-16-10-6-5-9-15(16)13-18(19)17-11-7-8-12-20(17)25-21/h1-32H;1-22H;5-14H,1-4H3. The van der Waals surface area contributed by atoms with Gasteiger partial charge in [-0.1, -0.05) is 337 Å². The van der Waals surface area contributed by atoms with Crippen LogP contribution in [0.2, 0.25) is 0 Å². The van der Waals surface area contributed by atoms with Crippen LogP contribution in [0.4, 0.5) is 0 Å². The van der Waals surface area contributed by atoms with Crippen LogP contribution in [0, 0.1) is 0 Å². The summed E-state index contributed by atoms with van der Waals surface area (Å²) in [6.45, 7) is 8.30. The molecule has 118 heavy (non-hydrogen) atoms. The van der Waals surface area contributed by atoms with E-state index in [9.17, 15) is 0 Å². The molecule has 0 atom stereocenters. The molecule has 562 valence electrons. The maximum atomic E-state index is 6.33. The van der Waals surface area contributed by atoms with Crippen LogP contribution < -0.4 is 5.59 Å². The molecule has 1 aliphatic heterocycles. The molecule has 0 spiro atoms. The summed E-state index contributed by atoms with van der Waals surface area (Å²) in [5, 5.41) is 11.8. The zero-order valence-electron chi connectivity index (χ0n) is 65.3. The third-order valence-electron chi connectivity index (χ3n) is 22.3. The molecule has 12 heteroatoms. The van der Waals surface area contributed by atoms with Crippen molar-refractivity contribution in [3.63, 3.8) is 0 Å². The first-order valence-corrected chi connectivity index (χ1v) is 40.4. The van der Waals surface area contributed by atoms with E-state index in [1.807, 2.05) is 103 Å². The fourth-order valence-electron chi connectivity index (χ4n) is 15.4. The van der Waals surface area contributed by atoms with Gasteiger partial charge in [0.25, 0.3) is 0 Å². The predicted octanol–water partition coefficient (Wildman–Crippen LogP) is 26.5. The van der Waals surface area contributed by atoms with Gasteiger partial charge in [-0.25, -0.2) is 34.9 Å². The number of nitrogens with zero attached hydrogens (tertiary/aromatic N) is 8. The number of aromatic nitrogens is 8. The molecule has 0 saturated carbocycles. The van der Waals surface area contributed by atoms with E-state index in [1.165, 1.54) is 43.4 Å². The van der Waals surface area contributed by atoms with Crippen LogP contribution in [-0.4, -0.2) is 58.2 Å². The van der Waals surface area contributed by atoms with Crippen LogP contribution >= 0.6 is 15.9 Å². The summed E-state index contributed by atoms with van der Waals surface area (Å²) in [5.74, 6) is 3.84. The molecule has 0 radical (unpaired) electrons. The second kappa shape index (κ2) is 31.9. The SMILES string of the molecule is Brc1cccc(-c2cccc(-c3nc(-c4ccccc4)nc(-c4ccc(-c5ccccc5)cc4)n3)c2)c1.CC1(C)OB(c2nc3ccccc3c3cc4ccccc4cc23)OC1(C)C.c1ccc(-c2ccc(-c3nc(-c4ccccc4)nc(-c4cccc(-c5cccc(-c6nc7ccccc7c7cc8ccccc8cc67)c5)c4)n3)cc2)cc1. The molecule has 10 nitrogen and oxygen atoms in total. The van der Waals surface area contributed by atoms with Crippen molar-refractivity contribution in [3.05, 3.63) is 393 Å². The zero-order valence-corrected chi connectivity index (χ0v) is 66.9. The van der Waals surface area contributed by atoms with Crippen LogP contribution in [0.1, 0.15) is 27.7 Å². The molecule has 21 rings (SSSR count). The number of rotatable bonds is 12. The van der Waals surface area contributed by atoms with Gasteiger partial charge in [0, 0.05) is 65.0 Å². The lowest BCUT2D eigenvalue weighted by Gasteiger charge is -2.32. The van der Waals surface area contributed by atoms with Gasteiger partial charge in [0.15, 0.2) is 34.9 Å². The van der Waals surface area contributed by atoms with Gasteiger partial charge >= 0.3 is 7.12 Å². The molecular weight excluding hydrogens is 1510 g/mol. The second-order valence-electron chi connectivity index (χ2n) is 30.6. The lowest BCUT2D eigenvalue weighted by Crippen LogP contribution is -2.41. The van der Waals surface area contributed by atoms with Crippen molar-refractivity contribution < 1.29 is 9.31 Å². The van der Waals surface area contributed by atoms with Crippen LogP contribution in [0.25, 0.3) is 189 Å². The predicted molar refractivity (Wildman–Crippen MR) is 490 cm³/mol. The van der Waals surface area contributed by atoms with Crippen LogP contribution in [-0.2, 0) is 9.31 Å². The largest absolute Gasteiger partial charge is 0.515 e. The van der Waals surface area contributed by atoms with Crippen molar-refractivity contribution in [2.24, 2.45) is 0 Å². The number of hydrogen-bond acceptors (Lipinski definition) is 10. The van der Waals surface area contributed by atoms with E-state index in [0.717, 1.165) is 121 Å². The van der Waals surface area contributed by atoms with E-state index >= 15 is 0 Å². The Kier molecular flexibility index (Phi) is 20.0. The Morgan fingerprint density at radius 1 is 0.212 bits per heavy atom. The van der Waals surface area contributed by atoms with Crippen molar-refractivity contribution in [3.8, 4) is 124 Å². The van der Waals surface area contributed by atoms with Crippen LogP contribution in [0.5, 0.6) is 0 Å². The number of hydrogen-bond donors (Lipinski definition) is 0. The van der Waals surface area contributed by atoms with Gasteiger partial charge in [-0.3, -0.25) is 4.98 Å². The maximum Gasteiger partial charge on any atom is 0.515 e. The fourth-order valence-corrected chi connectivity index (χ4v) is 15.8. The first-order valence-electron chi connectivity index (χ1n) is 39.6. The fraction of sp³-hybridized carbons (Fsp3) is 0.0566. The van der Waals surface area contributed by atoms with Crippen molar-refractivity contribution in [1.29, 1.82) is 0 Å². The maximum absolute atomic E-state index is 6.33. The highest BCUT2D eigenvalue weighted by Gasteiger charge is 2.53. The molecule has 4 aromatic heterocycles. The van der Waals surface area contributed by atoms with Crippen LogP contribution in [0.15, 0.2) is 393 Å². The average molecular weight is 1580 g/mol. The Balaban J connectivity index is 0.000000125. The van der Waals surface area contributed by atoms with Gasteiger partial charge in [0.05, 0.1) is 33.5 Å². The van der Waals surface area contributed by atoms with E-state index in [0.29, 0.717) is 34.9 Å². The number of benzene rings is 16. The van der Waals surface area contributed by atoms with Crippen molar-refractivity contribution in [2.45, 2.75) is 38.9 Å². The van der Waals surface area contributed by atoms with Crippen molar-refractivity contribution in [1.82, 2.24) is 39.9 Å². The first kappa shape index (κ1) is 74.0. The molecule has 0 aliphatic carbocycles. The minimum Gasteiger partial charge on any atom is -0.398 e. The molecule has 1 fully saturated rings. The van der Waals surface area contributed by atoms with Gasteiger partial charge < -0.3 is 9.31 Å². The Bertz CT molecular complexity index is 7130. The summed E-state index contributed by atoms with van der Waals surface area (Å²) in [4.78, 5) is 39.9. The Morgan fingerprint density at radius 3 is 0.915 bits per heavy atom. The highest BCUT2D eigenvalue weighted by atomic mass is 79.9. The summed E-state index contributed by atoms with van der Waals surface area (Å²) in [6, 6.07) is 134. The topological polar surface area (TPSA) is 122 Å². The molecule has 1 saturated heterocycles. The number of halogens is 1. The smallest absolute Gasteiger partial charge is 0.398 e. The molecule has 5 heterocycles. The molecule has 0 bridgehead atoms. The summed E-state index contributed by atoms with van der Waals surface area (Å²) in [7, 11) is -0.483. The number of fused-ring (bicyclic) bond motifs is 8. The Morgan fingerprint density at radius 2 is 0.492 bits per heavy atom. The van der Waals surface area contributed by atoms with E-state index in [2.05, 4.69) is 329 Å². The highest BCUT2D eigenvalue weighted by Crippen LogP contribution is 2.41. The summed E-state index contributed by atoms with van der Waals surface area (Å²) in [5.41, 5.74) is 18.7. The number of pyridine rings is 2. The molecule has 0 amide bonds. The first-order chi connectivity index (χ1) is 57.8. The van der Waals surface area contributed by atoms with Crippen molar-refractivity contribution in [2.75, 3.05) is 0 Å². The monoisotopic (exact) mass is 1580 g/mol. The molecule has 0 unspecified atom stereocenters. The minimum atomic E-state index is -0.483. The van der Waals surface area contributed by atoms with E-state index in [-0.39, 0.29) is 0 Å². The average Bonchev–Trinajstić information content (AvgIpc) is 1.41. The van der Waals surface area contributed by atoms with Gasteiger partial charge in [-0.05, 0) is 171 Å². The summed E-state index contributed by atoms with van der Waals surface area (Å²) >= 11 is 3.58. The Hall–Kier alpha value is -14.1. The van der Waals surface area contributed by atoms with Gasteiger partial charge in [-0.2, -0.15) is 0 Å². The van der Waals surface area contributed by atoms with Gasteiger partial charge in [0.1, 0.15) is 0 Å². The van der Waals surface area contributed by atoms with E-state index in [4.69, 9.17) is 49.2 Å². The van der Waals surface area contributed by atoms with E-state index in [1.54, 1.807) is 0 Å². The highest BCUT2D eigenvalue weighted by molar-refractivity contribution is 9.10. The normalized spacial score (nSPS) is 12.8. The molecular formula is C106H76BBrN8O2. The van der Waals surface area contributed by atoms with E-state index < -0.39 is 18.3 Å². The summed E-state index contributed by atoms with van der Waals surface area (Å²) < 4.78 is 13.7. The molecule has 0 N–H and O–H groups in total. The lowest BCUT2D eigenvalue weighted by atomic mass is 9.79.